The zero-order chi connectivity index (χ0) is 32.2. The Kier molecular flexibility index (Phi) is 10.0. The van der Waals surface area contributed by atoms with Gasteiger partial charge in [0.25, 0.3) is 15.7 Å². The molecule has 0 aliphatic heterocycles. The molecule has 0 bridgehead atoms. The Labute approximate surface area is 258 Å². The highest BCUT2D eigenvalue weighted by Gasteiger charge is 2.35. The molecule has 3 aromatic carbocycles. The number of nitro groups is 1. The third-order valence-corrected chi connectivity index (χ3v) is 9.80. The minimum atomic E-state index is -4.36. The molecule has 0 saturated heterocycles. The Bertz CT molecular complexity index is 1700. The van der Waals surface area contributed by atoms with Gasteiger partial charge in [-0.3, -0.25) is 24.0 Å². The van der Waals surface area contributed by atoms with E-state index in [-0.39, 0.29) is 37.5 Å². The molecule has 4 rings (SSSR count). The molecule has 44 heavy (non-hydrogen) atoms. The van der Waals surface area contributed by atoms with Crippen molar-refractivity contribution in [3.05, 3.63) is 104 Å². The number of sulfonamides is 1. The topological polar surface area (TPSA) is 124 Å². The number of allylic oxidation sites excluding steroid dienone is 2. The molecule has 1 atom stereocenters. The van der Waals surface area contributed by atoms with Crippen molar-refractivity contribution in [3.8, 4) is 0 Å². The SMILES string of the molecule is CCc1cc(C)cc(CC)c1C1=C(OC(C)=O)CC(CCN(c2ccc(C)cc2)S(=O)(=O)c2ccccc2[N+](=O)[O-])CC1=O. The molecule has 1 unspecified atom stereocenters. The number of carbonyl (C=O) groups is 2. The average Bonchev–Trinajstić information content (AvgIpc) is 2.97. The Morgan fingerprint density at radius 1 is 0.977 bits per heavy atom. The van der Waals surface area contributed by atoms with Gasteiger partial charge < -0.3 is 4.74 Å². The maximum absolute atomic E-state index is 14.0. The third kappa shape index (κ3) is 6.91. The fourth-order valence-electron chi connectivity index (χ4n) is 5.87. The molecule has 0 amide bonds. The van der Waals surface area contributed by atoms with E-state index in [2.05, 4.69) is 12.1 Å². The molecule has 232 valence electrons. The Morgan fingerprint density at radius 2 is 1.59 bits per heavy atom. The highest BCUT2D eigenvalue weighted by Crippen LogP contribution is 2.40. The van der Waals surface area contributed by atoms with E-state index >= 15 is 0 Å². The molecule has 1 aliphatic rings. The number of Topliss-reactive ketones (excluding diaryl/α,β-unsaturated/α-hetero) is 1. The lowest BCUT2D eigenvalue weighted by Gasteiger charge is -2.30. The maximum Gasteiger partial charge on any atom is 0.307 e. The van der Waals surface area contributed by atoms with Crippen LogP contribution in [0.2, 0.25) is 0 Å². The fraction of sp³-hybridized carbons (Fsp3) is 0.353. The van der Waals surface area contributed by atoms with E-state index in [1.807, 2.05) is 27.7 Å². The lowest BCUT2D eigenvalue weighted by Crippen LogP contribution is -2.34. The Hall–Kier alpha value is -4.31. The number of carbonyl (C=O) groups excluding carboxylic acids is 2. The van der Waals surface area contributed by atoms with Crippen LogP contribution in [-0.4, -0.2) is 31.6 Å². The summed E-state index contributed by atoms with van der Waals surface area (Å²) in [5.74, 6) is -0.714. The van der Waals surface area contributed by atoms with Gasteiger partial charge in [-0.25, -0.2) is 8.42 Å². The van der Waals surface area contributed by atoms with E-state index in [1.54, 1.807) is 24.3 Å². The van der Waals surface area contributed by atoms with Crippen LogP contribution >= 0.6 is 0 Å². The van der Waals surface area contributed by atoms with E-state index in [0.717, 1.165) is 38.2 Å². The van der Waals surface area contributed by atoms with E-state index in [1.165, 1.54) is 25.1 Å². The number of para-hydroxylation sites is 1. The largest absolute Gasteiger partial charge is 0.430 e. The summed E-state index contributed by atoms with van der Waals surface area (Å²) in [6.07, 6.45) is 2.08. The number of anilines is 1. The molecule has 0 saturated carbocycles. The molecule has 0 heterocycles. The van der Waals surface area contributed by atoms with Crippen molar-refractivity contribution in [1.82, 2.24) is 0 Å². The number of ether oxygens (including phenoxy) is 1. The predicted molar refractivity (Wildman–Crippen MR) is 170 cm³/mol. The van der Waals surface area contributed by atoms with Crippen LogP contribution in [0.5, 0.6) is 0 Å². The van der Waals surface area contributed by atoms with Crippen LogP contribution < -0.4 is 4.31 Å². The van der Waals surface area contributed by atoms with Gasteiger partial charge in [0, 0.05) is 32.4 Å². The first-order chi connectivity index (χ1) is 20.9. The zero-order valence-electron chi connectivity index (χ0n) is 25.8. The smallest absolute Gasteiger partial charge is 0.307 e. The molecule has 0 aromatic heterocycles. The van der Waals surface area contributed by atoms with Gasteiger partial charge in [0.05, 0.1) is 16.2 Å². The summed E-state index contributed by atoms with van der Waals surface area (Å²) < 4.78 is 34.8. The van der Waals surface area contributed by atoms with Gasteiger partial charge >= 0.3 is 5.97 Å². The second kappa shape index (κ2) is 13.5. The second-order valence-corrected chi connectivity index (χ2v) is 13.0. The first-order valence-corrected chi connectivity index (χ1v) is 16.2. The summed E-state index contributed by atoms with van der Waals surface area (Å²) in [5.41, 5.74) is 5.12. The highest BCUT2D eigenvalue weighted by atomic mass is 32.2. The molecule has 1 aliphatic carbocycles. The molecule has 9 nitrogen and oxygen atoms in total. The Balaban J connectivity index is 1.73. The number of benzene rings is 3. The molecular weight excluding hydrogens is 580 g/mol. The van der Waals surface area contributed by atoms with Crippen LogP contribution in [-0.2, 0) is 37.2 Å². The van der Waals surface area contributed by atoms with E-state index in [0.29, 0.717) is 29.9 Å². The number of hydrogen-bond acceptors (Lipinski definition) is 7. The number of nitro benzene ring substituents is 1. The summed E-state index contributed by atoms with van der Waals surface area (Å²) in [5, 5.41) is 11.7. The standard InChI is InChI=1S/C34H38N2O7S/c1-6-26-18-23(4)19-27(7-2)33(26)34-30(38)20-25(21-31(34)43-24(5)37)16-17-35(28-14-12-22(3)13-15-28)44(41,42)32-11-9-8-10-29(32)36(39)40/h8-15,18-19,25H,6-7,16-17,20-21H2,1-5H3. The van der Waals surface area contributed by atoms with Crippen molar-refractivity contribution in [3.63, 3.8) is 0 Å². The van der Waals surface area contributed by atoms with Gasteiger partial charge in [0.1, 0.15) is 5.76 Å². The lowest BCUT2D eigenvalue weighted by atomic mass is 9.79. The number of rotatable bonds is 11. The molecular formula is C34H38N2O7S. The van der Waals surface area contributed by atoms with Crippen LogP contribution in [0, 0.1) is 29.9 Å². The molecule has 0 radical (unpaired) electrons. The first kappa shape index (κ1) is 32.6. The van der Waals surface area contributed by atoms with E-state index < -0.39 is 31.5 Å². The number of hydrogen-bond donors (Lipinski definition) is 0. The van der Waals surface area contributed by atoms with Crippen molar-refractivity contribution in [1.29, 1.82) is 0 Å². The van der Waals surface area contributed by atoms with Crippen LogP contribution in [0.1, 0.15) is 67.9 Å². The summed E-state index contributed by atoms with van der Waals surface area (Å²) >= 11 is 0. The van der Waals surface area contributed by atoms with Crippen molar-refractivity contribution in [2.24, 2.45) is 5.92 Å². The Morgan fingerprint density at radius 3 is 2.16 bits per heavy atom. The molecule has 0 spiro atoms. The van der Waals surface area contributed by atoms with Crippen molar-refractivity contribution < 1.29 is 27.7 Å². The average molecular weight is 619 g/mol. The molecule has 0 N–H and O–H groups in total. The van der Waals surface area contributed by atoms with Gasteiger partial charge in [0.15, 0.2) is 10.7 Å². The van der Waals surface area contributed by atoms with Crippen molar-refractivity contribution in [2.45, 2.75) is 71.6 Å². The molecule has 0 fully saturated rings. The summed E-state index contributed by atoms with van der Waals surface area (Å²) in [6.45, 7) is 9.20. The normalized spacial score (nSPS) is 15.3. The number of aryl methyl sites for hydroxylation is 4. The van der Waals surface area contributed by atoms with Gasteiger partial charge in [-0.2, -0.15) is 0 Å². The van der Waals surface area contributed by atoms with E-state index in [4.69, 9.17) is 4.74 Å². The van der Waals surface area contributed by atoms with Crippen LogP contribution in [0.15, 0.2) is 71.3 Å². The van der Waals surface area contributed by atoms with Gasteiger partial charge in [-0.05, 0) is 73.9 Å². The minimum absolute atomic E-state index is 0.0387. The fourth-order valence-corrected chi connectivity index (χ4v) is 7.51. The third-order valence-electron chi connectivity index (χ3n) is 7.92. The summed E-state index contributed by atoms with van der Waals surface area (Å²) in [7, 11) is -4.36. The second-order valence-electron chi connectivity index (χ2n) is 11.2. The quantitative estimate of drug-likeness (QED) is 0.130. The van der Waals surface area contributed by atoms with Crippen LogP contribution in [0.3, 0.4) is 0 Å². The van der Waals surface area contributed by atoms with Crippen molar-refractivity contribution >= 4 is 38.7 Å². The van der Waals surface area contributed by atoms with Crippen LogP contribution in [0.25, 0.3) is 5.57 Å². The van der Waals surface area contributed by atoms with Gasteiger partial charge in [0.2, 0.25) is 0 Å². The predicted octanol–water partition coefficient (Wildman–Crippen LogP) is 6.88. The first-order valence-electron chi connectivity index (χ1n) is 14.8. The minimum Gasteiger partial charge on any atom is -0.430 e. The number of nitrogens with zero attached hydrogens (tertiary/aromatic N) is 2. The monoisotopic (exact) mass is 618 g/mol. The lowest BCUT2D eigenvalue weighted by molar-refractivity contribution is -0.387. The number of ketones is 1. The highest BCUT2D eigenvalue weighted by molar-refractivity contribution is 7.93. The molecule has 10 heteroatoms. The van der Waals surface area contributed by atoms with Crippen molar-refractivity contribution in [2.75, 3.05) is 10.8 Å². The number of esters is 1. The van der Waals surface area contributed by atoms with Gasteiger partial charge in [-0.1, -0.05) is 61.4 Å². The summed E-state index contributed by atoms with van der Waals surface area (Å²) in [6, 6.07) is 16.2. The molecule has 3 aromatic rings. The van der Waals surface area contributed by atoms with Crippen LogP contribution in [0.4, 0.5) is 11.4 Å². The van der Waals surface area contributed by atoms with E-state index in [9.17, 15) is 28.1 Å². The summed E-state index contributed by atoms with van der Waals surface area (Å²) in [4.78, 5) is 36.7. The zero-order valence-corrected chi connectivity index (χ0v) is 26.6. The maximum atomic E-state index is 14.0. The van der Waals surface area contributed by atoms with Gasteiger partial charge in [-0.15, -0.1) is 0 Å².